The highest BCUT2D eigenvalue weighted by Crippen LogP contribution is 2.15. The smallest absolute Gasteiger partial charge is 0.0434 e. The van der Waals surface area contributed by atoms with Gasteiger partial charge in [-0.05, 0) is 17.7 Å². The molecule has 1 aromatic rings. The van der Waals surface area contributed by atoms with E-state index in [0.717, 1.165) is 20.6 Å². The zero-order chi connectivity index (χ0) is 8.81. The van der Waals surface area contributed by atoms with Crippen LogP contribution in [0.25, 0.3) is 0 Å². The molecule has 0 saturated heterocycles. The second kappa shape index (κ2) is 5.39. The number of halogens is 1. The lowest BCUT2D eigenvalue weighted by atomic mass is 10.2. The SMILES string of the molecule is CCC[Si]Cc1ccccc1Cl. The van der Waals surface area contributed by atoms with Gasteiger partial charge in [0.25, 0.3) is 0 Å². The van der Waals surface area contributed by atoms with E-state index in [-0.39, 0.29) is 0 Å². The number of hydrogen-bond acceptors (Lipinski definition) is 0. The molecule has 0 aromatic heterocycles. The van der Waals surface area contributed by atoms with Gasteiger partial charge in [0.2, 0.25) is 0 Å². The van der Waals surface area contributed by atoms with Gasteiger partial charge in [0.1, 0.15) is 0 Å². The first-order valence-electron chi connectivity index (χ1n) is 4.28. The molecule has 2 heteroatoms. The number of hydrogen-bond donors (Lipinski definition) is 0. The lowest BCUT2D eigenvalue weighted by Crippen LogP contribution is -1.95. The van der Waals surface area contributed by atoms with Crippen molar-refractivity contribution >= 4 is 21.1 Å². The quantitative estimate of drug-likeness (QED) is 0.512. The maximum absolute atomic E-state index is 6.01. The maximum atomic E-state index is 6.01. The Morgan fingerprint density at radius 3 is 2.75 bits per heavy atom. The Bertz CT molecular complexity index is 235. The second-order valence-electron chi connectivity index (χ2n) is 2.77. The van der Waals surface area contributed by atoms with Gasteiger partial charge in [0, 0.05) is 14.5 Å². The fourth-order valence-corrected chi connectivity index (χ4v) is 2.46. The molecule has 1 aromatic carbocycles. The van der Waals surface area contributed by atoms with Gasteiger partial charge < -0.3 is 0 Å². The zero-order valence-electron chi connectivity index (χ0n) is 7.31. The molecular formula is C10H13ClSi. The van der Waals surface area contributed by atoms with Crippen molar-refractivity contribution in [2.75, 3.05) is 0 Å². The molecule has 0 aliphatic carbocycles. The van der Waals surface area contributed by atoms with Crippen LogP contribution in [0.3, 0.4) is 0 Å². The van der Waals surface area contributed by atoms with Crippen molar-refractivity contribution in [3.8, 4) is 0 Å². The normalized spacial score (nSPS) is 10.2. The van der Waals surface area contributed by atoms with E-state index in [0.29, 0.717) is 0 Å². The molecule has 0 nitrogen and oxygen atoms in total. The van der Waals surface area contributed by atoms with Crippen LogP contribution in [0.2, 0.25) is 11.1 Å². The molecule has 1 rings (SSSR count). The van der Waals surface area contributed by atoms with Crippen LogP contribution in [0.5, 0.6) is 0 Å². The van der Waals surface area contributed by atoms with Gasteiger partial charge in [0.05, 0.1) is 0 Å². The van der Waals surface area contributed by atoms with Crippen molar-refractivity contribution < 1.29 is 0 Å². The minimum atomic E-state index is 0.918. The first-order chi connectivity index (χ1) is 5.84. The monoisotopic (exact) mass is 196 g/mol. The van der Waals surface area contributed by atoms with Crippen LogP contribution in [0.1, 0.15) is 18.9 Å². The predicted octanol–water partition coefficient (Wildman–Crippen LogP) is 3.37. The van der Waals surface area contributed by atoms with E-state index in [9.17, 15) is 0 Å². The van der Waals surface area contributed by atoms with Gasteiger partial charge in [-0.25, -0.2) is 0 Å². The largest absolute Gasteiger partial charge is 0.0841 e. The van der Waals surface area contributed by atoms with E-state index in [2.05, 4.69) is 19.1 Å². The van der Waals surface area contributed by atoms with Crippen molar-refractivity contribution in [2.45, 2.75) is 25.4 Å². The van der Waals surface area contributed by atoms with E-state index in [1.807, 2.05) is 12.1 Å². The molecule has 0 fully saturated rings. The second-order valence-corrected chi connectivity index (χ2v) is 4.53. The minimum absolute atomic E-state index is 0.918. The van der Waals surface area contributed by atoms with Crippen molar-refractivity contribution in [3.63, 3.8) is 0 Å². The fraction of sp³-hybridized carbons (Fsp3) is 0.400. The number of benzene rings is 1. The van der Waals surface area contributed by atoms with Gasteiger partial charge in [-0.3, -0.25) is 0 Å². The summed E-state index contributed by atoms with van der Waals surface area (Å²) in [5.41, 5.74) is 1.30. The van der Waals surface area contributed by atoms with Crippen molar-refractivity contribution in [2.24, 2.45) is 0 Å². The summed E-state index contributed by atoms with van der Waals surface area (Å²) in [5, 5.41) is 0.918. The third-order valence-electron chi connectivity index (χ3n) is 1.70. The summed E-state index contributed by atoms with van der Waals surface area (Å²) in [4.78, 5) is 0. The van der Waals surface area contributed by atoms with Crippen molar-refractivity contribution in [1.29, 1.82) is 0 Å². The molecule has 0 atom stereocenters. The lowest BCUT2D eigenvalue weighted by molar-refractivity contribution is 1.06. The summed E-state index contributed by atoms with van der Waals surface area (Å²) in [6.45, 7) is 2.22. The van der Waals surface area contributed by atoms with E-state index in [1.54, 1.807) is 0 Å². The first-order valence-corrected chi connectivity index (χ1v) is 6.08. The molecule has 0 saturated carbocycles. The maximum Gasteiger partial charge on any atom is 0.0434 e. The highest BCUT2D eigenvalue weighted by Gasteiger charge is 1.97. The summed E-state index contributed by atoms with van der Waals surface area (Å²) in [7, 11) is 1.02. The van der Waals surface area contributed by atoms with Crippen LogP contribution in [-0.2, 0) is 6.04 Å². The van der Waals surface area contributed by atoms with Gasteiger partial charge in [-0.1, -0.05) is 49.2 Å². The Kier molecular flexibility index (Phi) is 4.40. The summed E-state index contributed by atoms with van der Waals surface area (Å²) in [6.07, 6.45) is 1.28. The minimum Gasteiger partial charge on any atom is -0.0841 e. The molecule has 0 bridgehead atoms. The van der Waals surface area contributed by atoms with Crippen molar-refractivity contribution in [1.82, 2.24) is 0 Å². The highest BCUT2D eigenvalue weighted by molar-refractivity contribution is 6.37. The zero-order valence-corrected chi connectivity index (χ0v) is 9.06. The Hall–Kier alpha value is -0.273. The standard InChI is InChI=1S/C10H13ClSi/c1-2-7-12-8-9-5-3-4-6-10(9)11/h3-6H,2,7-8H2,1H3. The van der Waals surface area contributed by atoms with E-state index < -0.39 is 0 Å². The van der Waals surface area contributed by atoms with Gasteiger partial charge in [-0.15, -0.1) is 0 Å². The Morgan fingerprint density at radius 1 is 1.33 bits per heavy atom. The van der Waals surface area contributed by atoms with E-state index in [4.69, 9.17) is 11.6 Å². The van der Waals surface area contributed by atoms with Crippen LogP contribution < -0.4 is 0 Å². The molecule has 0 N–H and O–H groups in total. The van der Waals surface area contributed by atoms with Crippen LogP contribution in [0.15, 0.2) is 24.3 Å². The Balaban J connectivity index is 2.46. The summed E-state index contributed by atoms with van der Waals surface area (Å²) in [5.74, 6) is 0. The Morgan fingerprint density at radius 2 is 2.08 bits per heavy atom. The topological polar surface area (TPSA) is 0 Å². The first kappa shape index (κ1) is 9.81. The average Bonchev–Trinajstić information content (AvgIpc) is 2.09. The molecule has 0 unspecified atom stereocenters. The van der Waals surface area contributed by atoms with Crippen LogP contribution in [-0.4, -0.2) is 9.52 Å². The highest BCUT2D eigenvalue weighted by atomic mass is 35.5. The Labute approximate surface area is 81.8 Å². The van der Waals surface area contributed by atoms with E-state index >= 15 is 0 Å². The van der Waals surface area contributed by atoms with Crippen molar-refractivity contribution in [3.05, 3.63) is 34.9 Å². The molecule has 0 heterocycles. The number of rotatable bonds is 4. The molecule has 12 heavy (non-hydrogen) atoms. The van der Waals surface area contributed by atoms with Crippen LogP contribution in [0, 0.1) is 0 Å². The van der Waals surface area contributed by atoms with E-state index in [1.165, 1.54) is 18.0 Å². The molecule has 0 aliphatic rings. The third-order valence-corrected chi connectivity index (χ3v) is 3.55. The van der Waals surface area contributed by atoms with Crippen LogP contribution in [0.4, 0.5) is 0 Å². The van der Waals surface area contributed by atoms with Crippen LogP contribution >= 0.6 is 11.6 Å². The van der Waals surface area contributed by atoms with Gasteiger partial charge >= 0.3 is 0 Å². The average molecular weight is 197 g/mol. The molecular weight excluding hydrogens is 184 g/mol. The van der Waals surface area contributed by atoms with Gasteiger partial charge in [-0.2, -0.15) is 0 Å². The molecule has 2 radical (unpaired) electrons. The summed E-state index contributed by atoms with van der Waals surface area (Å²) >= 11 is 6.01. The van der Waals surface area contributed by atoms with Gasteiger partial charge in [0.15, 0.2) is 0 Å². The molecule has 0 aliphatic heterocycles. The lowest BCUT2D eigenvalue weighted by Gasteiger charge is -2.01. The summed E-state index contributed by atoms with van der Waals surface area (Å²) in [6, 6.07) is 10.6. The molecule has 0 spiro atoms. The third kappa shape index (κ3) is 3.00. The summed E-state index contributed by atoms with van der Waals surface area (Å²) < 4.78 is 0. The molecule has 64 valence electrons. The predicted molar refractivity (Wildman–Crippen MR) is 56.0 cm³/mol. The fourth-order valence-electron chi connectivity index (χ4n) is 1.04. The molecule has 0 amide bonds.